The number of fused-ring (bicyclic) bond motifs is 1. The van der Waals surface area contributed by atoms with Crippen molar-refractivity contribution in [1.29, 1.82) is 0 Å². The van der Waals surface area contributed by atoms with Gasteiger partial charge in [-0.3, -0.25) is 4.79 Å². The minimum atomic E-state index is 0.150. The summed E-state index contributed by atoms with van der Waals surface area (Å²) in [5.41, 5.74) is 0.960. The Kier molecular flexibility index (Phi) is 2.90. The summed E-state index contributed by atoms with van der Waals surface area (Å²) >= 11 is 1.46. The first-order chi connectivity index (χ1) is 7.26. The van der Waals surface area contributed by atoms with E-state index in [1.54, 1.807) is 0 Å². The molecule has 0 aliphatic carbocycles. The van der Waals surface area contributed by atoms with E-state index >= 15 is 0 Å². The van der Waals surface area contributed by atoms with Crippen LogP contribution in [0.4, 0.5) is 5.13 Å². The topological polar surface area (TPSA) is 45.2 Å². The van der Waals surface area contributed by atoms with Crippen LogP contribution in [0, 0.1) is 0 Å². The molecular weight excluding hydrogens is 210 g/mol. The van der Waals surface area contributed by atoms with Crippen LogP contribution in [0.2, 0.25) is 0 Å². The van der Waals surface area contributed by atoms with Crippen LogP contribution in [0.3, 0.4) is 0 Å². The molecule has 0 radical (unpaired) electrons. The van der Waals surface area contributed by atoms with Crippen molar-refractivity contribution in [2.24, 2.45) is 0 Å². The summed E-state index contributed by atoms with van der Waals surface area (Å²) in [6.07, 6.45) is 1.90. The van der Waals surface area contributed by atoms with Gasteiger partial charge in [-0.1, -0.05) is 18.3 Å². The summed E-state index contributed by atoms with van der Waals surface area (Å²) < 4.78 is 0. The van der Waals surface area contributed by atoms with Crippen molar-refractivity contribution in [3.63, 3.8) is 0 Å². The molecule has 0 saturated heterocycles. The van der Waals surface area contributed by atoms with Crippen LogP contribution in [0.25, 0.3) is 0 Å². The molecule has 5 heteroatoms. The molecule has 2 rings (SSSR count). The fourth-order valence-corrected chi connectivity index (χ4v) is 2.70. The van der Waals surface area contributed by atoms with E-state index in [4.69, 9.17) is 0 Å². The highest BCUT2D eigenvalue weighted by molar-refractivity contribution is 7.17. The van der Waals surface area contributed by atoms with Gasteiger partial charge in [0.15, 0.2) is 5.13 Å². The smallest absolute Gasteiger partial charge is 0.265 e. The Morgan fingerprint density at radius 1 is 1.60 bits per heavy atom. The predicted octanol–water partition coefficient (Wildman–Crippen LogP) is 1.59. The Bertz CT molecular complexity index is 375. The van der Waals surface area contributed by atoms with Crippen molar-refractivity contribution >= 4 is 22.4 Å². The highest BCUT2D eigenvalue weighted by Gasteiger charge is 2.27. The Morgan fingerprint density at radius 3 is 3.07 bits per heavy atom. The summed E-state index contributed by atoms with van der Waals surface area (Å²) in [5, 5.41) is 3.83. The maximum atomic E-state index is 12.0. The van der Waals surface area contributed by atoms with E-state index in [1.165, 1.54) is 11.3 Å². The molecule has 82 valence electrons. The van der Waals surface area contributed by atoms with Crippen molar-refractivity contribution in [1.82, 2.24) is 9.88 Å². The third-order valence-electron chi connectivity index (χ3n) is 2.50. The van der Waals surface area contributed by atoms with Crippen LogP contribution in [0.5, 0.6) is 0 Å². The molecule has 1 aliphatic heterocycles. The lowest BCUT2D eigenvalue weighted by Gasteiger charge is -2.25. The van der Waals surface area contributed by atoms with Crippen molar-refractivity contribution < 1.29 is 4.79 Å². The SMILES string of the molecule is CCCN1CCc2nc(NC)sc2C1=O. The van der Waals surface area contributed by atoms with Gasteiger partial charge in [0, 0.05) is 26.6 Å². The zero-order chi connectivity index (χ0) is 10.8. The summed E-state index contributed by atoms with van der Waals surface area (Å²) in [5.74, 6) is 0.150. The molecule has 1 aromatic heterocycles. The molecule has 0 atom stereocenters. The van der Waals surface area contributed by atoms with Crippen LogP contribution in [-0.4, -0.2) is 35.9 Å². The van der Waals surface area contributed by atoms with E-state index in [-0.39, 0.29) is 5.91 Å². The lowest BCUT2D eigenvalue weighted by molar-refractivity contribution is 0.0744. The summed E-state index contributed by atoms with van der Waals surface area (Å²) in [7, 11) is 1.83. The van der Waals surface area contributed by atoms with Crippen molar-refractivity contribution in [3.05, 3.63) is 10.6 Å². The van der Waals surface area contributed by atoms with E-state index in [0.717, 1.165) is 41.6 Å². The third kappa shape index (κ3) is 1.84. The van der Waals surface area contributed by atoms with E-state index in [9.17, 15) is 4.79 Å². The second-order valence-corrected chi connectivity index (χ2v) is 4.59. The fourth-order valence-electron chi connectivity index (χ4n) is 1.76. The van der Waals surface area contributed by atoms with Crippen LogP contribution < -0.4 is 5.32 Å². The van der Waals surface area contributed by atoms with Gasteiger partial charge in [-0.15, -0.1) is 0 Å². The van der Waals surface area contributed by atoms with E-state index < -0.39 is 0 Å². The van der Waals surface area contributed by atoms with Gasteiger partial charge in [0.1, 0.15) is 4.88 Å². The normalized spacial score (nSPS) is 15.3. The predicted molar refractivity (Wildman–Crippen MR) is 61.6 cm³/mol. The quantitative estimate of drug-likeness (QED) is 0.849. The summed E-state index contributed by atoms with van der Waals surface area (Å²) in [6, 6.07) is 0. The molecule has 15 heavy (non-hydrogen) atoms. The minimum absolute atomic E-state index is 0.150. The van der Waals surface area contributed by atoms with Crippen molar-refractivity contribution in [3.8, 4) is 0 Å². The zero-order valence-electron chi connectivity index (χ0n) is 9.04. The number of aromatic nitrogens is 1. The lowest BCUT2D eigenvalue weighted by atomic mass is 10.1. The second-order valence-electron chi connectivity index (χ2n) is 3.59. The average Bonchev–Trinajstić information content (AvgIpc) is 2.66. The number of carbonyl (C=O) groups is 1. The molecule has 0 saturated carbocycles. The lowest BCUT2D eigenvalue weighted by Crippen LogP contribution is -2.37. The summed E-state index contributed by atoms with van der Waals surface area (Å²) in [6.45, 7) is 3.76. The standard InChI is InChI=1S/C10H15N3OS/c1-3-5-13-6-4-7-8(9(13)14)15-10(11-2)12-7/h3-6H2,1-2H3,(H,11,12). The number of hydrogen-bond acceptors (Lipinski definition) is 4. The third-order valence-corrected chi connectivity index (χ3v) is 3.61. The van der Waals surface area contributed by atoms with Gasteiger partial charge in [0.25, 0.3) is 5.91 Å². The van der Waals surface area contributed by atoms with Gasteiger partial charge in [0.2, 0.25) is 0 Å². The van der Waals surface area contributed by atoms with Crippen LogP contribution in [0.15, 0.2) is 0 Å². The van der Waals surface area contributed by atoms with E-state index in [0.29, 0.717) is 0 Å². The van der Waals surface area contributed by atoms with Gasteiger partial charge < -0.3 is 10.2 Å². The molecule has 1 aromatic rings. The van der Waals surface area contributed by atoms with E-state index in [1.807, 2.05) is 11.9 Å². The molecule has 2 heterocycles. The van der Waals surface area contributed by atoms with Crippen LogP contribution >= 0.6 is 11.3 Å². The zero-order valence-corrected chi connectivity index (χ0v) is 9.86. The molecule has 0 fully saturated rings. The number of anilines is 1. The molecule has 0 aromatic carbocycles. The first-order valence-corrected chi connectivity index (χ1v) is 6.04. The van der Waals surface area contributed by atoms with Crippen LogP contribution in [-0.2, 0) is 6.42 Å². The maximum Gasteiger partial charge on any atom is 0.265 e. The molecule has 0 unspecified atom stereocenters. The first kappa shape index (κ1) is 10.4. The Balaban J connectivity index is 2.25. The molecule has 0 spiro atoms. The number of nitrogens with one attached hydrogen (secondary N) is 1. The first-order valence-electron chi connectivity index (χ1n) is 5.23. The number of nitrogens with zero attached hydrogens (tertiary/aromatic N) is 2. The second kappa shape index (κ2) is 4.18. The Hall–Kier alpha value is -1.10. The van der Waals surface area contributed by atoms with Crippen molar-refractivity contribution in [2.75, 3.05) is 25.5 Å². The molecular formula is C10H15N3OS. The average molecular weight is 225 g/mol. The number of rotatable bonds is 3. The van der Waals surface area contributed by atoms with Gasteiger partial charge in [-0.25, -0.2) is 4.98 Å². The molecule has 1 aliphatic rings. The Morgan fingerprint density at radius 2 is 2.40 bits per heavy atom. The highest BCUT2D eigenvalue weighted by atomic mass is 32.1. The molecule has 0 bridgehead atoms. The number of amides is 1. The van der Waals surface area contributed by atoms with Gasteiger partial charge in [-0.05, 0) is 6.42 Å². The van der Waals surface area contributed by atoms with E-state index in [2.05, 4.69) is 17.2 Å². The number of hydrogen-bond donors (Lipinski definition) is 1. The monoisotopic (exact) mass is 225 g/mol. The number of carbonyl (C=O) groups excluding carboxylic acids is 1. The fraction of sp³-hybridized carbons (Fsp3) is 0.600. The maximum absolute atomic E-state index is 12.0. The Labute approximate surface area is 93.3 Å². The van der Waals surface area contributed by atoms with Crippen molar-refractivity contribution in [2.45, 2.75) is 19.8 Å². The van der Waals surface area contributed by atoms with Gasteiger partial charge in [0.05, 0.1) is 5.69 Å². The number of thiazole rings is 1. The molecule has 1 N–H and O–H groups in total. The molecule has 4 nitrogen and oxygen atoms in total. The van der Waals surface area contributed by atoms with Gasteiger partial charge >= 0.3 is 0 Å². The summed E-state index contributed by atoms with van der Waals surface area (Å²) in [4.78, 5) is 19.1. The minimum Gasteiger partial charge on any atom is -0.365 e. The van der Waals surface area contributed by atoms with Gasteiger partial charge in [-0.2, -0.15) is 0 Å². The van der Waals surface area contributed by atoms with Crippen LogP contribution in [0.1, 0.15) is 28.7 Å². The molecule has 1 amide bonds. The largest absolute Gasteiger partial charge is 0.365 e. The highest BCUT2D eigenvalue weighted by Crippen LogP contribution is 2.27.